The van der Waals surface area contributed by atoms with Crippen molar-refractivity contribution in [3.63, 3.8) is 0 Å². The molecule has 1 unspecified atom stereocenters. The first kappa shape index (κ1) is 25.4. The molecule has 3 heteroatoms. The minimum atomic E-state index is -0.162. The van der Waals surface area contributed by atoms with Crippen LogP contribution in [-0.4, -0.2) is 18.6 Å². The minimum Gasteiger partial charge on any atom is -0.462 e. The summed E-state index contributed by atoms with van der Waals surface area (Å²) in [7, 11) is 0. The van der Waals surface area contributed by atoms with E-state index in [0.717, 1.165) is 32.1 Å². The summed E-state index contributed by atoms with van der Waals surface area (Å²) in [5, 5.41) is 0. The summed E-state index contributed by atoms with van der Waals surface area (Å²) in [6.45, 7) is 23.2. The van der Waals surface area contributed by atoms with Crippen LogP contribution >= 0.6 is 0 Å². The lowest BCUT2D eigenvalue weighted by atomic mass is 9.65. The molecular formula is C23H47NO2. The maximum Gasteiger partial charge on any atom is 0.307 e. The summed E-state index contributed by atoms with van der Waals surface area (Å²) in [5.74, 6) is -0.162. The lowest BCUT2D eigenvalue weighted by molar-refractivity contribution is -0.159. The maximum absolute atomic E-state index is 12.3. The summed E-state index contributed by atoms with van der Waals surface area (Å²) < 4.78 is 6.01. The largest absolute Gasteiger partial charge is 0.462 e. The van der Waals surface area contributed by atoms with Crippen molar-refractivity contribution in [3.05, 3.63) is 0 Å². The molecule has 0 amide bonds. The zero-order valence-electron chi connectivity index (χ0n) is 19.4. The summed E-state index contributed by atoms with van der Waals surface area (Å²) >= 11 is 0. The molecule has 0 aromatic carbocycles. The Bertz CT molecular complexity index is 435. The fraction of sp³-hybridized carbons (Fsp3) is 0.957. The van der Waals surface area contributed by atoms with E-state index in [9.17, 15) is 4.79 Å². The number of ether oxygens (including phenoxy) is 1. The van der Waals surface area contributed by atoms with E-state index < -0.39 is 0 Å². The molecule has 0 aliphatic heterocycles. The Labute approximate surface area is 163 Å². The van der Waals surface area contributed by atoms with E-state index in [-0.39, 0.29) is 28.3 Å². The minimum absolute atomic E-state index is 0.0720. The molecule has 0 aliphatic carbocycles. The highest BCUT2D eigenvalue weighted by Crippen LogP contribution is 2.46. The molecule has 0 aromatic heterocycles. The summed E-state index contributed by atoms with van der Waals surface area (Å²) in [4.78, 5) is 12.3. The molecule has 0 aromatic rings. The van der Waals surface area contributed by atoms with Crippen molar-refractivity contribution in [2.24, 2.45) is 27.4 Å². The van der Waals surface area contributed by atoms with Crippen LogP contribution < -0.4 is 5.73 Å². The van der Waals surface area contributed by atoms with E-state index in [1.807, 2.05) is 0 Å². The fourth-order valence-corrected chi connectivity index (χ4v) is 4.28. The fourth-order valence-electron chi connectivity index (χ4n) is 4.28. The van der Waals surface area contributed by atoms with E-state index in [0.29, 0.717) is 18.4 Å². The second-order valence-electron chi connectivity index (χ2n) is 11.3. The Morgan fingerprint density at radius 1 is 0.846 bits per heavy atom. The van der Waals surface area contributed by atoms with E-state index in [2.05, 4.69) is 69.2 Å². The molecule has 0 spiro atoms. The first-order valence-electron chi connectivity index (χ1n) is 10.5. The molecule has 0 aliphatic rings. The van der Waals surface area contributed by atoms with E-state index >= 15 is 0 Å². The smallest absolute Gasteiger partial charge is 0.307 e. The number of nitrogens with two attached hydrogens (primary N) is 1. The molecule has 26 heavy (non-hydrogen) atoms. The molecular weight excluding hydrogens is 322 g/mol. The zero-order valence-corrected chi connectivity index (χ0v) is 19.4. The van der Waals surface area contributed by atoms with Gasteiger partial charge in [-0.15, -0.1) is 0 Å². The predicted octanol–water partition coefficient (Wildman–Crippen LogP) is 6.34. The Balaban J connectivity index is 5.48. The first-order chi connectivity index (χ1) is 11.6. The van der Waals surface area contributed by atoms with E-state index in [1.54, 1.807) is 0 Å². The van der Waals surface area contributed by atoms with Gasteiger partial charge >= 0.3 is 5.97 Å². The number of carbonyl (C=O) groups excluding carboxylic acids is 1. The number of carbonyl (C=O) groups is 1. The quantitative estimate of drug-likeness (QED) is 0.408. The standard InChI is InChI=1S/C23H47NO2/c1-11-20(3,4)16-22(7,8)15-18(26-19(25)13-14-24)23(9,10)17-21(5,6)12-2/h18H,11-17,24H2,1-10H3. The van der Waals surface area contributed by atoms with Crippen molar-refractivity contribution >= 4 is 5.97 Å². The normalized spacial score (nSPS) is 15.0. The molecule has 3 nitrogen and oxygen atoms in total. The van der Waals surface area contributed by atoms with Crippen LogP contribution in [0.5, 0.6) is 0 Å². The van der Waals surface area contributed by atoms with Crippen molar-refractivity contribution < 1.29 is 9.53 Å². The Morgan fingerprint density at radius 3 is 1.73 bits per heavy atom. The number of esters is 1. The molecule has 0 saturated carbocycles. The van der Waals surface area contributed by atoms with Crippen LogP contribution in [0, 0.1) is 21.7 Å². The average molecular weight is 370 g/mol. The molecule has 0 heterocycles. The van der Waals surface area contributed by atoms with Crippen LogP contribution in [0.15, 0.2) is 0 Å². The van der Waals surface area contributed by atoms with Gasteiger partial charge in [-0.2, -0.15) is 0 Å². The van der Waals surface area contributed by atoms with E-state index in [1.165, 1.54) is 0 Å². The van der Waals surface area contributed by atoms with Crippen LogP contribution in [0.25, 0.3) is 0 Å². The number of hydrogen-bond donors (Lipinski definition) is 1. The van der Waals surface area contributed by atoms with Crippen LogP contribution in [0.2, 0.25) is 0 Å². The van der Waals surface area contributed by atoms with Gasteiger partial charge in [0.25, 0.3) is 0 Å². The van der Waals surface area contributed by atoms with Crippen molar-refractivity contribution in [2.75, 3.05) is 6.54 Å². The van der Waals surface area contributed by atoms with Crippen molar-refractivity contribution in [2.45, 2.75) is 114 Å². The van der Waals surface area contributed by atoms with Gasteiger partial charge in [-0.3, -0.25) is 4.79 Å². The molecule has 1 atom stereocenters. The zero-order chi connectivity index (χ0) is 20.8. The van der Waals surface area contributed by atoms with Gasteiger partial charge in [-0.25, -0.2) is 0 Å². The van der Waals surface area contributed by atoms with E-state index in [4.69, 9.17) is 10.5 Å². The SMILES string of the molecule is CCC(C)(C)CC(C)(C)CC(OC(=O)CCN)C(C)(C)CC(C)(C)CC. The Morgan fingerprint density at radius 2 is 1.31 bits per heavy atom. The lowest BCUT2D eigenvalue weighted by Crippen LogP contribution is -2.41. The third-order valence-corrected chi connectivity index (χ3v) is 6.04. The molecule has 0 saturated heterocycles. The molecule has 156 valence electrons. The van der Waals surface area contributed by atoms with Gasteiger partial charge in [0.2, 0.25) is 0 Å². The molecule has 0 rings (SSSR count). The topological polar surface area (TPSA) is 52.3 Å². The maximum atomic E-state index is 12.3. The Kier molecular flexibility index (Phi) is 9.36. The third kappa shape index (κ3) is 9.39. The van der Waals surface area contributed by atoms with Gasteiger partial charge in [0, 0.05) is 12.0 Å². The highest BCUT2D eigenvalue weighted by molar-refractivity contribution is 5.69. The summed E-state index contributed by atoms with van der Waals surface area (Å²) in [6.07, 6.45) is 5.52. The van der Waals surface area contributed by atoms with Crippen molar-refractivity contribution in [3.8, 4) is 0 Å². The van der Waals surface area contributed by atoms with Gasteiger partial charge in [-0.1, -0.05) is 82.1 Å². The second kappa shape index (κ2) is 9.57. The van der Waals surface area contributed by atoms with Crippen molar-refractivity contribution in [1.29, 1.82) is 0 Å². The second-order valence-corrected chi connectivity index (χ2v) is 11.3. The lowest BCUT2D eigenvalue weighted by Gasteiger charge is -2.44. The average Bonchev–Trinajstić information content (AvgIpc) is 2.44. The van der Waals surface area contributed by atoms with Gasteiger partial charge in [0.1, 0.15) is 6.10 Å². The van der Waals surface area contributed by atoms with Crippen LogP contribution in [0.1, 0.15) is 108 Å². The van der Waals surface area contributed by atoms with Crippen LogP contribution in [0.3, 0.4) is 0 Å². The van der Waals surface area contributed by atoms with Crippen LogP contribution in [-0.2, 0) is 9.53 Å². The van der Waals surface area contributed by atoms with Gasteiger partial charge in [0.15, 0.2) is 0 Å². The third-order valence-electron chi connectivity index (χ3n) is 6.04. The van der Waals surface area contributed by atoms with Crippen molar-refractivity contribution in [1.82, 2.24) is 0 Å². The van der Waals surface area contributed by atoms with Gasteiger partial charge in [-0.05, 0) is 35.5 Å². The monoisotopic (exact) mass is 369 g/mol. The highest BCUT2D eigenvalue weighted by atomic mass is 16.5. The molecule has 2 N–H and O–H groups in total. The first-order valence-corrected chi connectivity index (χ1v) is 10.5. The summed E-state index contributed by atoms with van der Waals surface area (Å²) in [5.41, 5.74) is 6.13. The summed E-state index contributed by atoms with van der Waals surface area (Å²) in [6, 6.07) is 0. The number of rotatable bonds is 12. The van der Waals surface area contributed by atoms with Gasteiger partial charge in [0.05, 0.1) is 6.42 Å². The predicted molar refractivity (Wildman–Crippen MR) is 113 cm³/mol. The Hall–Kier alpha value is -0.570. The molecule has 0 bridgehead atoms. The molecule has 0 radical (unpaired) electrons. The molecule has 0 fully saturated rings. The highest BCUT2D eigenvalue weighted by Gasteiger charge is 2.41. The van der Waals surface area contributed by atoms with Gasteiger partial charge < -0.3 is 10.5 Å². The van der Waals surface area contributed by atoms with Crippen LogP contribution in [0.4, 0.5) is 0 Å². The number of hydrogen-bond acceptors (Lipinski definition) is 3.